The monoisotopic (exact) mass is 277 g/mol. The van der Waals surface area contributed by atoms with E-state index in [1.54, 1.807) is 11.7 Å². The molecule has 0 atom stereocenters. The van der Waals surface area contributed by atoms with Crippen LogP contribution in [0.25, 0.3) is 5.69 Å². The van der Waals surface area contributed by atoms with Crippen LogP contribution in [-0.2, 0) is 0 Å². The zero-order valence-corrected chi connectivity index (χ0v) is 11.9. The van der Waals surface area contributed by atoms with Crippen molar-refractivity contribution in [1.29, 1.82) is 0 Å². The van der Waals surface area contributed by atoms with Crippen molar-refractivity contribution >= 4 is 17.5 Å². The van der Waals surface area contributed by atoms with Crippen molar-refractivity contribution in [3.05, 3.63) is 46.7 Å². The van der Waals surface area contributed by atoms with E-state index in [2.05, 4.69) is 24.3 Å². The number of carbonyl (C=O) groups is 1. The molecule has 0 saturated heterocycles. The summed E-state index contributed by atoms with van der Waals surface area (Å²) in [5.41, 5.74) is 2.30. The molecule has 100 valence electrons. The van der Waals surface area contributed by atoms with Crippen molar-refractivity contribution in [2.75, 3.05) is 7.05 Å². The Balaban J connectivity index is 2.51. The molecule has 0 unspecified atom stereocenters. The molecule has 1 heterocycles. The minimum atomic E-state index is -0.186. The van der Waals surface area contributed by atoms with Gasteiger partial charge in [0.25, 0.3) is 5.91 Å². The number of nitrogens with zero attached hydrogens (tertiary/aromatic N) is 2. The molecule has 0 aliphatic rings. The fourth-order valence-corrected chi connectivity index (χ4v) is 1.96. The fourth-order valence-electron chi connectivity index (χ4n) is 1.83. The first kappa shape index (κ1) is 13.6. The minimum absolute atomic E-state index is 0.186. The topological polar surface area (TPSA) is 46.9 Å². The summed E-state index contributed by atoms with van der Waals surface area (Å²) in [6.45, 7) is 4.13. The van der Waals surface area contributed by atoms with Crippen LogP contribution in [0.3, 0.4) is 0 Å². The van der Waals surface area contributed by atoms with Gasteiger partial charge in [-0.15, -0.1) is 0 Å². The summed E-state index contributed by atoms with van der Waals surface area (Å²) in [6, 6.07) is 9.20. The van der Waals surface area contributed by atoms with Crippen LogP contribution in [0.2, 0.25) is 5.02 Å². The van der Waals surface area contributed by atoms with E-state index in [1.165, 1.54) is 0 Å². The lowest BCUT2D eigenvalue weighted by atomic mass is 10.1. The molecule has 2 rings (SSSR count). The van der Waals surface area contributed by atoms with Gasteiger partial charge < -0.3 is 5.32 Å². The average molecular weight is 278 g/mol. The summed E-state index contributed by atoms with van der Waals surface area (Å²) in [7, 11) is 1.60. The van der Waals surface area contributed by atoms with E-state index in [0.29, 0.717) is 10.7 Å². The Morgan fingerprint density at radius 2 is 1.95 bits per heavy atom. The van der Waals surface area contributed by atoms with E-state index >= 15 is 0 Å². The van der Waals surface area contributed by atoms with Crippen molar-refractivity contribution in [3.8, 4) is 5.69 Å². The van der Waals surface area contributed by atoms with E-state index in [1.807, 2.05) is 30.3 Å². The highest BCUT2D eigenvalue weighted by Crippen LogP contribution is 2.21. The molecule has 1 N–H and O–H groups in total. The molecule has 4 nitrogen and oxygen atoms in total. The van der Waals surface area contributed by atoms with Crippen LogP contribution in [0.5, 0.6) is 0 Å². The third-order valence-corrected chi connectivity index (χ3v) is 3.11. The zero-order valence-electron chi connectivity index (χ0n) is 11.1. The molecule has 1 aromatic heterocycles. The molecule has 0 radical (unpaired) electrons. The van der Waals surface area contributed by atoms with Crippen LogP contribution in [0.4, 0.5) is 0 Å². The second-order valence-corrected chi connectivity index (χ2v) is 5.01. The Kier molecular flexibility index (Phi) is 3.90. The number of benzene rings is 1. The van der Waals surface area contributed by atoms with Crippen molar-refractivity contribution in [2.24, 2.45) is 0 Å². The van der Waals surface area contributed by atoms with E-state index in [-0.39, 0.29) is 11.8 Å². The van der Waals surface area contributed by atoms with Crippen molar-refractivity contribution < 1.29 is 4.79 Å². The predicted molar refractivity (Wildman–Crippen MR) is 76.1 cm³/mol. The zero-order chi connectivity index (χ0) is 14.0. The van der Waals surface area contributed by atoms with Gasteiger partial charge >= 0.3 is 0 Å². The summed E-state index contributed by atoms with van der Waals surface area (Å²) in [5, 5.41) is 7.62. The van der Waals surface area contributed by atoms with Gasteiger partial charge in [-0.2, -0.15) is 5.10 Å². The molecule has 0 saturated carbocycles. The van der Waals surface area contributed by atoms with Crippen LogP contribution in [0.1, 0.15) is 35.9 Å². The summed E-state index contributed by atoms with van der Waals surface area (Å²) in [5.74, 6) is 0.0798. The molecule has 2 aromatic rings. The number of rotatable bonds is 3. The summed E-state index contributed by atoms with van der Waals surface area (Å²) in [4.78, 5) is 11.7. The maximum Gasteiger partial charge on any atom is 0.271 e. The number of nitrogens with one attached hydrogen (secondary N) is 1. The van der Waals surface area contributed by atoms with E-state index in [9.17, 15) is 4.79 Å². The summed E-state index contributed by atoms with van der Waals surface area (Å²) in [6.07, 6.45) is 0. The number of carbonyl (C=O) groups excluding carboxylic acids is 1. The van der Waals surface area contributed by atoms with Crippen LogP contribution >= 0.6 is 11.6 Å². The Bertz CT molecular complexity index is 587. The lowest BCUT2D eigenvalue weighted by Gasteiger charge is -2.09. The number of amides is 1. The average Bonchev–Trinajstić information content (AvgIpc) is 2.84. The summed E-state index contributed by atoms with van der Waals surface area (Å²) >= 11 is 5.89. The van der Waals surface area contributed by atoms with Crippen LogP contribution in [-0.4, -0.2) is 22.7 Å². The van der Waals surface area contributed by atoms with Crippen LogP contribution < -0.4 is 5.32 Å². The predicted octanol–water partition coefficient (Wildman–Crippen LogP) is 3.01. The highest BCUT2D eigenvalue weighted by molar-refractivity contribution is 6.30. The quantitative estimate of drug-likeness (QED) is 0.937. The van der Waals surface area contributed by atoms with Crippen LogP contribution in [0, 0.1) is 0 Å². The molecular weight excluding hydrogens is 262 g/mol. The number of hydrogen-bond acceptors (Lipinski definition) is 2. The van der Waals surface area contributed by atoms with Gasteiger partial charge in [0.05, 0.1) is 5.69 Å². The van der Waals surface area contributed by atoms with Crippen LogP contribution in [0.15, 0.2) is 30.3 Å². The van der Waals surface area contributed by atoms with E-state index < -0.39 is 0 Å². The first-order valence-corrected chi connectivity index (χ1v) is 6.48. The number of hydrogen-bond donors (Lipinski definition) is 1. The molecule has 0 bridgehead atoms. The maximum absolute atomic E-state index is 11.7. The lowest BCUT2D eigenvalue weighted by molar-refractivity contribution is 0.0957. The van der Waals surface area contributed by atoms with Gasteiger partial charge in [0.1, 0.15) is 0 Å². The normalized spacial score (nSPS) is 10.8. The molecule has 0 spiro atoms. The van der Waals surface area contributed by atoms with Gasteiger partial charge in [-0.3, -0.25) is 4.79 Å². The molecule has 19 heavy (non-hydrogen) atoms. The second kappa shape index (κ2) is 5.45. The van der Waals surface area contributed by atoms with Gasteiger partial charge in [0.15, 0.2) is 5.69 Å². The molecule has 1 aromatic carbocycles. The minimum Gasteiger partial charge on any atom is -0.354 e. The number of halogens is 1. The Morgan fingerprint density at radius 1 is 1.32 bits per heavy atom. The second-order valence-electron chi connectivity index (χ2n) is 4.58. The molecule has 0 fully saturated rings. The van der Waals surface area contributed by atoms with Crippen molar-refractivity contribution in [2.45, 2.75) is 19.8 Å². The highest BCUT2D eigenvalue weighted by atomic mass is 35.5. The Hall–Kier alpha value is -1.81. The van der Waals surface area contributed by atoms with E-state index in [0.717, 1.165) is 11.4 Å². The lowest BCUT2D eigenvalue weighted by Crippen LogP contribution is -2.18. The highest BCUT2D eigenvalue weighted by Gasteiger charge is 2.16. The maximum atomic E-state index is 11.7. The largest absolute Gasteiger partial charge is 0.354 e. The molecule has 5 heteroatoms. The molecular formula is C14H16ClN3O. The first-order valence-electron chi connectivity index (χ1n) is 6.11. The summed E-state index contributed by atoms with van der Waals surface area (Å²) < 4.78 is 1.78. The van der Waals surface area contributed by atoms with Gasteiger partial charge in [-0.1, -0.05) is 25.4 Å². The smallest absolute Gasteiger partial charge is 0.271 e. The van der Waals surface area contributed by atoms with Crippen molar-refractivity contribution in [1.82, 2.24) is 15.1 Å². The van der Waals surface area contributed by atoms with E-state index in [4.69, 9.17) is 11.6 Å². The van der Waals surface area contributed by atoms with Gasteiger partial charge in [-0.25, -0.2) is 4.68 Å². The molecule has 0 aliphatic heterocycles. The fraction of sp³-hybridized carbons (Fsp3) is 0.286. The molecule has 0 aliphatic carbocycles. The van der Waals surface area contributed by atoms with Gasteiger partial charge in [0.2, 0.25) is 0 Å². The third kappa shape index (κ3) is 2.79. The Labute approximate surface area is 117 Å². The number of aromatic nitrogens is 2. The first-order chi connectivity index (χ1) is 9.02. The Morgan fingerprint density at radius 3 is 2.47 bits per heavy atom. The standard InChI is InChI=1S/C14H16ClN3O/c1-9(2)13-8-12(14(19)16-3)17-18(13)11-6-4-10(15)5-7-11/h4-9H,1-3H3,(H,16,19). The van der Waals surface area contributed by atoms with Crippen molar-refractivity contribution in [3.63, 3.8) is 0 Å². The SMILES string of the molecule is CNC(=O)c1cc(C(C)C)n(-c2ccc(Cl)cc2)n1. The third-order valence-electron chi connectivity index (χ3n) is 2.86. The van der Waals surface area contributed by atoms with Gasteiger partial charge in [0, 0.05) is 17.8 Å². The van der Waals surface area contributed by atoms with Gasteiger partial charge in [-0.05, 0) is 36.2 Å². The molecule has 1 amide bonds.